The van der Waals surface area contributed by atoms with Crippen molar-refractivity contribution in [1.29, 1.82) is 0 Å². The molecule has 0 bridgehead atoms. The van der Waals surface area contributed by atoms with Gasteiger partial charge in [0.2, 0.25) is 0 Å². The molecule has 0 aliphatic carbocycles. The van der Waals surface area contributed by atoms with E-state index in [1.165, 1.54) is 36.4 Å². The summed E-state index contributed by atoms with van der Waals surface area (Å²) in [5, 5.41) is 5.20. The van der Waals surface area contributed by atoms with E-state index >= 15 is 0 Å². The van der Waals surface area contributed by atoms with Crippen LogP contribution < -0.4 is 15.4 Å². The standard InChI is InChI=1S/C16H15F3N2O2/c1-10(11-3-2-4-14(9-11)23-15(18)19)20-16(22)21-13-7-5-12(17)6-8-13/h2-10,15H,1H3,(H2,20,21,22)/t10-/m1/s1. The zero-order chi connectivity index (χ0) is 16.8. The Morgan fingerprint density at radius 2 is 1.83 bits per heavy atom. The van der Waals surface area contributed by atoms with E-state index in [0.29, 0.717) is 11.3 Å². The summed E-state index contributed by atoms with van der Waals surface area (Å²) in [6.45, 7) is -1.21. The first-order chi connectivity index (χ1) is 10.9. The molecule has 122 valence electrons. The van der Waals surface area contributed by atoms with E-state index in [9.17, 15) is 18.0 Å². The number of urea groups is 1. The van der Waals surface area contributed by atoms with Crippen LogP contribution in [0.15, 0.2) is 48.5 Å². The Hall–Kier alpha value is -2.70. The fourth-order valence-electron chi connectivity index (χ4n) is 1.94. The Kier molecular flexibility index (Phi) is 5.46. The molecule has 0 saturated heterocycles. The first kappa shape index (κ1) is 16.7. The minimum absolute atomic E-state index is 0.0186. The number of carbonyl (C=O) groups excluding carboxylic acids is 1. The van der Waals surface area contributed by atoms with Gasteiger partial charge in [-0.15, -0.1) is 0 Å². The summed E-state index contributed by atoms with van der Waals surface area (Å²) in [5.41, 5.74) is 1.04. The molecular formula is C16H15F3N2O2. The van der Waals surface area contributed by atoms with Crippen LogP contribution in [0.3, 0.4) is 0 Å². The van der Waals surface area contributed by atoms with Gasteiger partial charge in [0.15, 0.2) is 0 Å². The fourth-order valence-corrected chi connectivity index (χ4v) is 1.94. The lowest BCUT2D eigenvalue weighted by Gasteiger charge is -2.16. The van der Waals surface area contributed by atoms with Crippen LogP contribution in [0, 0.1) is 5.82 Å². The van der Waals surface area contributed by atoms with Crippen molar-refractivity contribution in [3.8, 4) is 5.75 Å². The third-order valence-corrected chi connectivity index (χ3v) is 3.03. The van der Waals surface area contributed by atoms with Gasteiger partial charge in [-0.2, -0.15) is 8.78 Å². The number of ether oxygens (including phenoxy) is 1. The second kappa shape index (κ2) is 7.53. The molecule has 0 radical (unpaired) electrons. The molecule has 0 aromatic heterocycles. The van der Waals surface area contributed by atoms with Crippen LogP contribution in [0.2, 0.25) is 0 Å². The number of benzene rings is 2. The topological polar surface area (TPSA) is 50.4 Å². The van der Waals surface area contributed by atoms with E-state index < -0.39 is 24.5 Å². The SMILES string of the molecule is C[C@@H](NC(=O)Nc1ccc(F)cc1)c1cccc(OC(F)F)c1. The highest BCUT2D eigenvalue weighted by Gasteiger charge is 2.12. The molecule has 0 unspecified atom stereocenters. The summed E-state index contributed by atoms with van der Waals surface area (Å²) in [6, 6.07) is 10.4. The van der Waals surface area contributed by atoms with E-state index in [-0.39, 0.29) is 5.75 Å². The first-order valence-electron chi connectivity index (χ1n) is 6.82. The second-order valence-electron chi connectivity index (χ2n) is 4.78. The largest absolute Gasteiger partial charge is 0.435 e. The zero-order valence-electron chi connectivity index (χ0n) is 12.2. The predicted octanol–water partition coefficient (Wildman–Crippen LogP) is 4.31. The molecule has 0 aliphatic heterocycles. The highest BCUT2D eigenvalue weighted by atomic mass is 19.3. The van der Waals surface area contributed by atoms with Gasteiger partial charge in [0.25, 0.3) is 0 Å². The van der Waals surface area contributed by atoms with Gasteiger partial charge in [0.1, 0.15) is 11.6 Å². The number of nitrogens with one attached hydrogen (secondary N) is 2. The summed E-state index contributed by atoms with van der Waals surface area (Å²) >= 11 is 0. The summed E-state index contributed by atoms with van der Waals surface area (Å²) in [5.74, 6) is -0.384. The molecule has 2 aromatic rings. The number of halogens is 3. The molecule has 7 heteroatoms. The monoisotopic (exact) mass is 324 g/mol. The van der Waals surface area contributed by atoms with Gasteiger partial charge in [-0.05, 0) is 48.9 Å². The number of rotatable bonds is 5. The zero-order valence-corrected chi connectivity index (χ0v) is 12.2. The number of hydrogen-bond acceptors (Lipinski definition) is 2. The molecular weight excluding hydrogens is 309 g/mol. The van der Waals surface area contributed by atoms with Crippen molar-refractivity contribution in [2.45, 2.75) is 19.6 Å². The Morgan fingerprint density at radius 1 is 1.13 bits per heavy atom. The van der Waals surface area contributed by atoms with Gasteiger partial charge in [0, 0.05) is 5.69 Å². The molecule has 2 amide bonds. The summed E-state index contributed by atoms with van der Waals surface area (Å²) in [7, 11) is 0. The van der Waals surface area contributed by atoms with Gasteiger partial charge in [-0.3, -0.25) is 0 Å². The number of alkyl halides is 2. The highest BCUT2D eigenvalue weighted by Crippen LogP contribution is 2.20. The number of carbonyl (C=O) groups is 1. The Bertz CT molecular complexity index is 663. The van der Waals surface area contributed by atoms with Crippen molar-refractivity contribution in [3.05, 3.63) is 59.9 Å². The summed E-state index contributed by atoms with van der Waals surface area (Å²) < 4.78 is 41.5. The van der Waals surface area contributed by atoms with Gasteiger partial charge < -0.3 is 15.4 Å². The Morgan fingerprint density at radius 3 is 2.48 bits per heavy atom. The van der Waals surface area contributed by atoms with Gasteiger partial charge in [0.05, 0.1) is 6.04 Å². The normalized spacial score (nSPS) is 11.9. The van der Waals surface area contributed by atoms with Crippen LogP contribution in [0.4, 0.5) is 23.7 Å². The van der Waals surface area contributed by atoms with Crippen molar-refractivity contribution < 1.29 is 22.7 Å². The second-order valence-corrected chi connectivity index (χ2v) is 4.78. The average Bonchev–Trinajstić information content (AvgIpc) is 2.49. The molecule has 23 heavy (non-hydrogen) atoms. The number of amides is 2. The Balaban J connectivity index is 1.96. The lowest BCUT2D eigenvalue weighted by Crippen LogP contribution is -2.31. The maximum Gasteiger partial charge on any atom is 0.387 e. The van der Waals surface area contributed by atoms with E-state index in [1.807, 2.05) is 0 Å². The van der Waals surface area contributed by atoms with Crippen LogP contribution in [0.1, 0.15) is 18.5 Å². The molecule has 0 heterocycles. The lowest BCUT2D eigenvalue weighted by atomic mass is 10.1. The third-order valence-electron chi connectivity index (χ3n) is 3.03. The van der Waals surface area contributed by atoms with Crippen molar-refractivity contribution in [3.63, 3.8) is 0 Å². The van der Waals surface area contributed by atoms with Crippen molar-refractivity contribution in [2.75, 3.05) is 5.32 Å². The molecule has 1 atom stereocenters. The van der Waals surface area contributed by atoms with E-state index in [1.54, 1.807) is 19.1 Å². The van der Waals surface area contributed by atoms with E-state index in [0.717, 1.165) is 0 Å². The molecule has 0 spiro atoms. The molecule has 4 nitrogen and oxygen atoms in total. The minimum Gasteiger partial charge on any atom is -0.435 e. The molecule has 2 N–H and O–H groups in total. The van der Waals surface area contributed by atoms with Gasteiger partial charge in [-0.25, -0.2) is 9.18 Å². The van der Waals surface area contributed by atoms with Crippen molar-refractivity contribution in [1.82, 2.24) is 5.32 Å². The van der Waals surface area contributed by atoms with Crippen LogP contribution in [0.5, 0.6) is 5.75 Å². The smallest absolute Gasteiger partial charge is 0.387 e. The van der Waals surface area contributed by atoms with Crippen LogP contribution >= 0.6 is 0 Å². The van der Waals surface area contributed by atoms with Crippen molar-refractivity contribution >= 4 is 11.7 Å². The third kappa shape index (κ3) is 5.21. The first-order valence-corrected chi connectivity index (χ1v) is 6.82. The van der Waals surface area contributed by atoms with Crippen LogP contribution in [-0.2, 0) is 0 Å². The lowest BCUT2D eigenvalue weighted by molar-refractivity contribution is -0.0499. The molecule has 2 aromatic carbocycles. The quantitative estimate of drug-likeness (QED) is 0.861. The van der Waals surface area contributed by atoms with Gasteiger partial charge >= 0.3 is 12.6 Å². The number of anilines is 1. The maximum atomic E-state index is 12.8. The summed E-state index contributed by atoms with van der Waals surface area (Å²) in [6.07, 6.45) is 0. The highest BCUT2D eigenvalue weighted by molar-refractivity contribution is 5.89. The van der Waals surface area contributed by atoms with E-state index in [2.05, 4.69) is 15.4 Å². The average molecular weight is 324 g/mol. The minimum atomic E-state index is -2.91. The molecule has 0 fully saturated rings. The molecule has 0 saturated carbocycles. The number of hydrogen-bond donors (Lipinski definition) is 2. The van der Waals surface area contributed by atoms with E-state index in [4.69, 9.17) is 0 Å². The van der Waals surface area contributed by atoms with Crippen LogP contribution in [0.25, 0.3) is 0 Å². The fraction of sp³-hybridized carbons (Fsp3) is 0.188. The summed E-state index contributed by atoms with van der Waals surface area (Å²) in [4.78, 5) is 11.9. The Labute approximate surface area is 131 Å². The van der Waals surface area contributed by atoms with Crippen LogP contribution in [-0.4, -0.2) is 12.6 Å². The maximum absolute atomic E-state index is 12.8. The van der Waals surface area contributed by atoms with Crippen molar-refractivity contribution in [2.24, 2.45) is 0 Å². The molecule has 0 aliphatic rings. The molecule has 2 rings (SSSR count). The van der Waals surface area contributed by atoms with Gasteiger partial charge in [-0.1, -0.05) is 12.1 Å². The predicted molar refractivity (Wildman–Crippen MR) is 80.0 cm³/mol.